The van der Waals surface area contributed by atoms with Crippen LogP contribution in [0.1, 0.15) is 40.4 Å². The lowest BCUT2D eigenvalue weighted by Crippen LogP contribution is -1.84. The molecule has 1 aromatic heterocycles. The highest BCUT2D eigenvalue weighted by Crippen LogP contribution is 2.65. The minimum Gasteiger partial charge on any atom is -0.346 e. The van der Waals surface area contributed by atoms with Crippen LogP contribution in [0.4, 0.5) is 0 Å². The molecule has 0 unspecified atom stereocenters. The first-order valence-corrected chi connectivity index (χ1v) is 7.46. The first kappa shape index (κ1) is 12.4. The Kier molecular flexibility index (Phi) is 2.88. The van der Waals surface area contributed by atoms with Crippen LogP contribution >= 0.6 is 0 Å². The molecule has 2 nitrogen and oxygen atoms in total. The second-order valence-corrected chi connectivity index (χ2v) is 5.82. The van der Waals surface area contributed by atoms with Crippen LogP contribution in [0, 0.1) is 6.92 Å². The first-order chi connectivity index (χ1) is 10.3. The Morgan fingerprint density at radius 3 is 1.71 bits per heavy atom. The molecule has 21 heavy (non-hydrogen) atoms. The van der Waals surface area contributed by atoms with Gasteiger partial charge in [0, 0.05) is 29.6 Å². The predicted molar refractivity (Wildman–Crippen MR) is 84.4 cm³/mol. The molecule has 1 N–H and O–H groups in total. The molecule has 0 saturated heterocycles. The monoisotopic (exact) mass is 274 g/mol. The Hall–Kier alpha value is -2.35. The number of rotatable bonds is 3. The molecule has 3 atom stereocenters. The number of nitrogens with one attached hydrogen (secondary N) is 1. The third-order valence-corrected chi connectivity index (χ3v) is 4.47. The van der Waals surface area contributed by atoms with E-state index in [1.54, 1.807) is 0 Å². The quantitative estimate of drug-likeness (QED) is 0.754. The molecule has 4 rings (SSSR count). The fraction of sp³-hybridized carbons (Fsp3) is 0.211. The molecule has 1 saturated carbocycles. The maximum Gasteiger partial charge on any atom is 0.103 e. The fourth-order valence-electron chi connectivity index (χ4n) is 3.49. The second-order valence-electron chi connectivity index (χ2n) is 5.82. The van der Waals surface area contributed by atoms with E-state index in [1.165, 1.54) is 16.8 Å². The zero-order valence-electron chi connectivity index (χ0n) is 12.0. The molecule has 1 aliphatic rings. The number of imidazole rings is 1. The van der Waals surface area contributed by atoms with Crippen LogP contribution in [0.5, 0.6) is 0 Å². The molecule has 104 valence electrons. The maximum atomic E-state index is 4.38. The summed E-state index contributed by atoms with van der Waals surface area (Å²) in [6, 6.07) is 21.6. The average molecular weight is 274 g/mol. The molecule has 2 heteroatoms. The van der Waals surface area contributed by atoms with Gasteiger partial charge in [0.1, 0.15) is 5.82 Å². The van der Waals surface area contributed by atoms with Crippen LogP contribution < -0.4 is 0 Å². The summed E-state index contributed by atoms with van der Waals surface area (Å²) in [5, 5.41) is 0. The summed E-state index contributed by atoms with van der Waals surface area (Å²) < 4.78 is 0. The number of hydrogen-bond acceptors (Lipinski definition) is 1. The van der Waals surface area contributed by atoms with Gasteiger partial charge in [0.05, 0.1) is 0 Å². The molecule has 0 aliphatic heterocycles. The molecule has 3 aromatic rings. The summed E-state index contributed by atoms with van der Waals surface area (Å²) in [4.78, 5) is 7.80. The van der Waals surface area contributed by atoms with Crippen molar-refractivity contribution in [1.29, 1.82) is 0 Å². The molecule has 1 aliphatic carbocycles. The zero-order chi connectivity index (χ0) is 14.2. The Morgan fingerprint density at radius 1 is 0.762 bits per heavy atom. The van der Waals surface area contributed by atoms with Gasteiger partial charge >= 0.3 is 0 Å². The SMILES string of the molecule is Cc1ncc([C@H]2[C@H](c3ccccc3)[C@@H]2c2ccccc2)[nH]1. The van der Waals surface area contributed by atoms with Crippen molar-refractivity contribution in [2.75, 3.05) is 0 Å². The number of H-pyrrole nitrogens is 1. The van der Waals surface area contributed by atoms with E-state index in [-0.39, 0.29) is 0 Å². The largest absolute Gasteiger partial charge is 0.346 e. The Bertz CT molecular complexity index is 685. The van der Waals surface area contributed by atoms with Gasteiger partial charge in [-0.3, -0.25) is 0 Å². The van der Waals surface area contributed by atoms with Gasteiger partial charge in [-0.2, -0.15) is 0 Å². The van der Waals surface area contributed by atoms with Crippen molar-refractivity contribution in [3.8, 4) is 0 Å². The molecule has 0 bridgehead atoms. The van der Waals surface area contributed by atoms with Crippen LogP contribution in [-0.2, 0) is 0 Å². The summed E-state index contributed by atoms with van der Waals surface area (Å²) in [5.74, 6) is 2.61. The predicted octanol–water partition coefficient (Wildman–Crippen LogP) is 4.38. The van der Waals surface area contributed by atoms with E-state index in [0.29, 0.717) is 17.8 Å². The van der Waals surface area contributed by atoms with Gasteiger partial charge in [-0.25, -0.2) is 4.98 Å². The van der Waals surface area contributed by atoms with Gasteiger partial charge < -0.3 is 4.98 Å². The lowest BCUT2D eigenvalue weighted by Gasteiger charge is -2.00. The summed E-state index contributed by atoms with van der Waals surface area (Å²) in [6.45, 7) is 2.01. The van der Waals surface area contributed by atoms with E-state index < -0.39 is 0 Å². The van der Waals surface area contributed by atoms with Crippen molar-refractivity contribution in [1.82, 2.24) is 9.97 Å². The topological polar surface area (TPSA) is 28.7 Å². The third-order valence-electron chi connectivity index (χ3n) is 4.47. The highest BCUT2D eigenvalue weighted by Gasteiger charge is 2.53. The molecule has 0 spiro atoms. The smallest absolute Gasteiger partial charge is 0.103 e. The van der Waals surface area contributed by atoms with Crippen molar-refractivity contribution in [2.24, 2.45) is 0 Å². The van der Waals surface area contributed by atoms with Gasteiger partial charge in [0.15, 0.2) is 0 Å². The van der Waals surface area contributed by atoms with Crippen molar-refractivity contribution in [3.63, 3.8) is 0 Å². The zero-order valence-corrected chi connectivity index (χ0v) is 12.0. The van der Waals surface area contributed by atoms with Crippen LogP contribution in [-0.4, -0.2) is 9.97 Å². The van der Waals surface area contributed by atoms with E-state index in [4.69, 9.17) is 0 Å². The number of benzene rings is 2. The lowest BCUT2D eigenvalue weighted by atomic mass is 10.0. The summed E-state index contributed by atoms with van der Waals surface area (Å²) in [7, 11) is 0. The first-order valence-electron chi connectivity index (χ1n) is 7.46. The van der Waals surface area contributed by atoms with Crippen LogP contribution in [0.2, 0.25) is 0 Å². The van der Waals surface area contributed by atoms with Gasteiger partial charge in [-0.05, 0) is 18.1 Å². The normalized spacial score (nSPS) is 24.0. The highest BCUT2D eigenvalue weighted by atomic mass is 14.9. The number of aromatic amines is 1. The Morgan fingerprint density at radius 2 is 1.29 bits per heavy atom. The molecular formula is C19H18N2. The number of nitrogens with zero attached hydrogens (tertiary/aromatic N) is 1. The van der Waals surface area contributed by atoms with E-state index in [1.807, 2.05) is 13.1 Å². The molecule has 1 heterocycles. The number of aromatic nitrogens is 2. The molecular weight excluding hydrogens is 256 g/mol. The van der Waals surface area contributed by atoms with E-state index >= 15 is 0 Å². The summed E-state index contributed by atoms with van der Waals surface area (Å²) >= 11 is 0. The molecule has 0 amide bonds. The Balaban J connectivity index is 1.73. The van der Waals surface area contributed by atoms with Gasteiger partial charge in [-0.1, -0.05) is 60.7 Å². The maximum absolute atomic E-state index is 4.38. The van der Waals surface area contributed by atoms with Crippen LogP contribution in [0.15, 0.2) is 66.9 Å². The van der Waals surface area contributed by atoms with Crippen molar-refractivity contribution in [2.45, 2.75) is 24.7 Å². The van der Waals surface area contributed by atoms with E-state index in [0.717, 1.165) is 5.82 Å². The van der Waals surface area contributed by atoms with Crippen LogP contribution in [0.25, 0.3) is 0 Å². The number of aryl methyl sites for hydroxylation is 1. The average Bonchev–Trinajstić information content (AvgIpc) is 3.15. The van der Waals surface area contributed by atoms with E-state index in [9.17, 15) is 0 Å². The minimum atomic E-state index is 0.510. The van der Waals surface area contributed by atoms with Crippen molar-refractivity contribution >= 4 is 0 Å². The van der Waals surface area contributed by atoms with Crippen molar-refractivity contribution < 1.29 is 0 Å². The fourth-order valence-corrected chi connectivity index (χ4v) is 3.49. The van der Waals surface area contributed by atoms with Crippen LogP contribution in [0.3, 0.4) is 0 Å². The summed E-state index contributed by atoms with van der Waals surface area (Å²) in [5.41, 5.74) is 4.10. The molecule has 0 radical (unpaired) electrons. The van der Waals surface area contributed by atoms with Gasteiger partial charge in [0.2, 0.25) is 0 Å². The van der Waals surface area contributed by atoms with Gasteiger partial charge in [0.25, 0.3) is 0 Å². The highest BCUT2D eigenvalue weighted by molar-refractivity contribution is 5.45. The van der Waals surface area contributed by atoms with Crippen molar-refractivity contribution in [3.05, 3.63) is 89.5 Å². The third kappa shape index (κ3) is 2.17. The summed E-state index contributed by atoms with van der Waals surface area (Å²) in [6.07, 6.45) is 2.00. The second kappa shape index (κ2) is 4.88. The number of hydrogen-bond donors (Lipinski definition) is 1. The molecule has 1 fully saturated rings. The standard InChI is InChI=1S/C19H18N2/c1-13-20-12-16(21-13)19-17(14-8-4-2-5-9-14)18(19)15-10-6-3-7-11-15/h2-12,17-19H,1H3,(H,20,21)/t17-,18+,19+. The Labute approximate surface area is 124 Å². The molecule has 2 aromatic carbocycles. The minimum absolute atomic E-state index is 0.510. The van der Waals surface area contributed by atoms with E-state index in [2.05, 4.69) is 70.6 Å². The van der Waals surface area contributed by atoms with Gasteiger partial charge in [-0.15, -0.1) is 0 Å². The lowest BCUT2D eigenvalue weighted by molar-refractivity contribution is 0.963.